The average Bonchev–Trinajstić information content (AvgIpc) is 0.716. The summed E-state index contributed by atoms with van der Waals surface area (Å²) in [7, 11) is -7.14. The summed E-state index contributed by atoms with van der Waals surface area (Å²) in [5, 5.41) is 34.3. The zero-order valence-corrected chi connectivity index (χ0v) is 82.9. The molecule has 0 amide bonds. The fourth-order valence-corrected chi connectivity index (χ4v) is 24.0. The van der Waals surface area contributed by atoms with Gasteiger partial charge in [0.2, 0.25) is 0 Å². The van der Waals surface area contributed by atoms with Gasteiger partial charge in [-0.15, -0.1) is 0 Å². The molecule has 0 saturated heterocycles. The first-order chi connectivity index (χ1) is 67.0. The van der Waals surface area contributed by atoms with Crippen LogP contribution in [-0.4, -0.2) is 32.3 Å². The minimum Gasteiger partial charge on any atom is -0.307 e. The Balaban J connectivity index is 0.000000178. The molecule has 0 aliphatic rings. The molecule has 0 fully saturated rings. The van der Waals surface area contributed by atoms with Crippen LogP contribution in [0.2, 0.25) is 78.6 Å². The van der Waals surface area contributed by atoms with Gasteiger partial charge in [-0.1, -0.05) is 293 Å². The summed E-state index contributed by atoms with van der Waals surface area (Å²) in [6.45, 7) is 42.2. The van der Waals surface area contributed by atoms with Gasteiger partial charge in [-0.3, -0.25) is 0 Å². The van der Waals surface area contributed by atoms with Gasteiger partial charge in [-0.2, -0.15) is 10.5 Å². The zero-order chi connectivity index (χ0) is 98.4. The second-order valence-corrected chi connectivity index (χ2v) is 59.9. The molecule has 20 heteroatoms. The lowest BCUT2D eigenvalue weighted by Crippen LogP contribution is -2.37. The van der Waals surface area contributed by atoms with Gasteiger partial charge in [0.25, 0.3) is 0 Å². The maximum Gasteiger partial charge on any atom is 0.187 e. The van der Waals surface area contributed by atoms with Crippen LogP contribution in [0.4, 0.5) is 115 Å². The Morgan fingerprint density at radius 3 is 0.714 bits per heavy atom. The van der Waals surface area contributed by atoms with Gasteiger partial charge in [0.1, 0.15) is 23.3 Å². The van der Waals surface area contributed by atoms with E-state index in [0.717, 1.165) is 99.3 Å². The Bertz CT molecular complexity index is 8000. The minimum absolute atomic E-state index is 0.133. The summed E-state index contributed by atoms with van der Waals surface area (Å²) in [5.74, 6) is -5.92. The normalized spacial score (nSPS) is 11.8. The van der Waals surface area contributed by atoms with Crippen LogP contribution in [0, 0.1) is 82.3 Å². The molecular weight excluding hydrogens is 1820 g/mol. The number of nitriles is 2. The van der Waals surface area contributed by atoms with E-state index in [-0.39, 0.29) is 22.7 Å². The quantitative estimate of drug-likeness (QED) is 0.0328. The lowest BCUT2D eigenvalue weighted by Gasteiger charge is -2.31. The molecule has 140 heavy (non-hydrogen) atoms. The van der Waals surface area contributed by atoms with Gasteiger partial charge in [0, 0.05) is 90.8 Å². The van der Waals surface area contributed by atoms with E-state index in [9.17, 15) is 10.5 Å². The summed E-state index contributed by atoms with van der Waals surface area (Å²) in [6, 6.07) is 105. The fourth-order valence-electron chi connectivity index (χ4n) is 19.3. The molecule has 0 spiro atoms. The molecule has 0 heterocycles. The fraction of sp³-hybridized carbons (Fsp3) is 0.100. The van der Waals surface area contributed by atoms with E-state index in [4.69, 9.17) is 13.1 Å². The Morgan fingerprint density at radius 2 is 0.479 bits per heavy atom. The molecular formula is C120H92F8N8Si4. The average molecular weight is 1910 g/mol. The molecule has 20 aromatic rings. The largest absolute Gasteiger partial charge is 0.307 e. The number of hydrogen-bond acceptors (Lipinski definition) is 6. The van der Waals surface area contributed by atoms with Gasteiger partial charge >= 0.3 is 0 Å². The molecule has 8 nitrogen and oxygen atoms in total. The molecule has 0 aromatic heterocycles. The van der Waals surface area contributed by atoms with Crippen molar-refractivity contribution in [1.82, 2.24) is 0 Å². The smallest absolute Gasteiger partial charge is 0.187 e. The SMILES string of the molecule is [C-]#[N+]c1ccc(N(c2c(F)cc(F)cc2-c2ccc([Si](C)(C)C)cc2)c2ccc3ccc4c(N(c5ccc(C#N)cc5)c5c(F)cc(F)cc5-c5ccc([Si](C)(C)C)cc5)ccc5ccc2c3c54)cc1.[C-]#[N+]c1ccc(N(c2c(F)cc(F)cc2-c2cccc([Si](C)(C)C)c2)c2ccc3ccc4c(N(c5ccc(C#N)cc5)c5c(F)cc(F)cc5-c5cccc([Si](C)(C)C)c5)ccc5ccc2c3c54)cc1. The third-order valence-electron chi connectivity index (χ3n) is 26.4. The molecule has 0 saturated carbocycles. The predicted octanol–water partition coefficient (Wildman–Crippen LogP) is 33.9. The standard InChI is InChI=1S/2C60H46F4N4Si2/c1-66-44-18-22-46(23-19-44)68(60-52(33-43(62)35-54(60)64)39-12-26-48(27-13-39)70(5,6)7)56-31-17-41-14-28-49-55(30-16-40-15-29-50(56)58(41)57(40)49)67(45-20-8-37(36-65)9-21-45)59-51(32-42(61)34-53(59)63)38-10-24-47(25-11-38)69(2,3)4;1-66-44-20-24-46(25-21-44)68(60-52(33-43(62)35-54(60)64)41-11-9-13-48(31-41)70(5,6)7)56-29-19-39-16-26-49-55(28-18-38-17-27-50(56)58(39)57(38)49)67(45-22-14-37(36-65)15-23-45)59-51(32-42(61)34-53(59)63)40-10-8-12-47(30-40)69(2,3)4/h2*8-35H,2-7H3. The molecule has 20 aromatic carbocycles. The first-order valence-electron chi connectivity index (χ1n) is 46.0. The van der Waals surface area contributed by atoms with Crippen molar-refractivity contribution < 1.29 is 35.1 Å². The van der Waals surface area contributed by atoms with Crippen LogP contribution in [0.1, 0.15) is 11.1 Å². The molecule has 0 atom stereocenters. The van der Waals surface area contributed by atoms with E-state index >= 15 is 35.1 Å². The number of halogens is 8. The van der Waals surface area contributed by atoms with Crippen molar-refractivity contribution in [2.24, 2.45) is 0 Å². The van der Waals surface area contributed by atoms with Crippen LogP contribution in [0.15, 0.2) is 340 Å². The van der Waals surface area contributed by atoms with Crippen LogP contribution in [0.25, 0.3) is 119 Å². The summed E-state index contributed by atoms with van der Waals surface area (Å²) in [6.07, 6.45) is 0. The highest BCUT2D eigenvalue weighted by Gasteiger charge is 2.34. The van der Waals surface area contributed by atoms with Crippen molar-refractivity contribution in [1.29, 1.82) is 10.5 Å². The Morgan fingerprint density at radius 1 is 0.243 bits per heavy atom. The third-order valence-corrected chi connectivity index (χ3v) is 34.6. The van der Waals surface area contributed by atoms with E-state index in [1.54, 1.807) is 112 Å². The van der Waals surface area contributed by atoms with Gasteiger partial charge in [0.05, 0.1) is 114 Å². The molecule has 684 valence electrons. The van der Waals surface area contributed by atoms with E-state index in [0.29, 0.717) is 113 Å². The highest BCUT2D eigenvalue weighted by atomic mass is 28.3. The maximum absolute atomic E-state index is 17.1. The van der Waals surface area contributed by atoms with Crippen molar-refractivity contribution in [2.45, 2.75) is 78.6 Å². The van der Waals surface area contributed by atoms with Gasteiger partial charge in [0.15, 0.2) is 34.6 Å². The number of benzene rings is 20. The first-order valence-corrected chi connectivity index (χ1v) is 60.0. The Hall–Kier alpha value is -16.1. The molecule has 0 bridgehead atoms. The maximum atomic E-state index is 17.1. The van der Waals surface area contributed by atoms with Crippen LogP contribution >= 0.6 is 0 Å². The lowest BCUT2D eigenvalue weighted by atomic mass is 9.91. The molecule has 0 unspecified atom stereocenters. The van der Waals surface area contributed by atoms with Crippen molar-refractivity contribution in [3.05, 3.63) is 420 Å². The van der Waals surface area contributed by atoms with E-state index in [1.807, 2.05) is 187 Å². The number of nitrogens with zero attached hydrogens (tertiary/aromatic N) is 8. The van der Waals surface area contributed by atoms with Crippen molar-refractivity contribution in [2.75, 3.05) is 19.6 Å². The Kier molecular flexibility index (Phi) is 24.2. The summed E-state index contributed by atoms with van der Waals surface area (Å²) >= 11 is 0. The number of hydrogen-bond donors (Lipinski definition) is 0. The molecule has 0 radical (unpaired) electrons. The highest BCUT2D eigenvalue weighted by Crippen LogP contribution is 2.56. The van der Waals surface area contributed by atoms with Crippen LogP contribution in [0.3, 0.4) is 0 Å². The molecule has 0 aliphatic carbocycles. The molecule has 0 N–H and O–H groups in total. The van der Waals surface area contributed by atoms with E-state index in [2.05, 4.69) is 113 Å². The second-order valence-electron chi connectivity index (χ2n) is 39.6. The van der Waals surface area contributed by atoms with Crippen LogP contribution < -0.4 is 40.3 Å². The molecule has 0 aliphatic heterocycles. The first kappa shape index (κ1) is 93.0. The number of anilines is 12. The third kappa shape index (κ3) is 17.4. The lowest BCUT2D eigenvalue weighted by molar-refractivity contribution is 0.584. The summed E-state index contributed by atoms with van der Waals surface area (Å²) in [4.78, 5) is 14.4. The van der Waals surface area contributed by atoms with Crippen LogP contribution in [0.5, 0.6) is 0 Å². The minimum atomic E-state index is -1.86. The topological polar surface area (TPSA) is 69.3 Å². The molecule has 20 rings (SSSR count). The summed E-state index contributed by atoms with van der Waals surface area (Å²) < 4.78 is 130. The van der Waals surface area contributed by atoms with Crippen molar-refractivity contribution in [3.63, 3.8) is 0 Å². The number of rotatable bonds is 20. The predicted molar refractivity (Wildman–Crippen MR) is 574 cm³/mol. The van der Waals surface area contributed by atoms with E-state index < -0.39 is 78.8 Å². The second kappa shape index (κ2) is 36.5. The highest BCUT2D eigenvalue weighted by molar-refractivity contribution is 6.90. The van der Waals surface area contributed by atoms with E-state index in [1.165, 1.54) is 34.6 Å². The monoisotopic (exact) mass is 1910 g/mol. The summed E-state index contributed by atoms with van der Waals surface area (Å²) in [5.41, 5.74) is 10.9. The van der Waals surface area contributed by atoms with Crippen LogP contribution in [-0.2, 0) is 0 Å². The van der Waals surface area contributed by atoms with Crippen molar-refractivity contribution >= 4 is 197 Å². The van der Waals surface area contributed by atoms with Gasteiger partial charge < -0.3 is 19.6 Å². The zero-order valence-electron chi connectivity index (χ0n) is 78.9. The van der Waals surface area contributed by atoms with Gasteiger partial charge in [-0.05, 0) is 187 Å². The Labute approximate surface area is 812 Å². The van der Waals surface area contributed by atoms with Crippen molar-refractivity contribution in [3.8, 4) is 56.6 Å². The van der Waals surface area contributed by atoms with Gasteiger partial charge in [-0.25, -0.2) is 44.8 Å².